The van der Waals surface area contributed by atoms with Crippen LogP contribution < -0.4 is 19.6 Å². The van der Waals surface area contributed by atoms with Gasteiger partial charge in [-0.2, -0.15) is 5.10 Å². The molecule has 1 N–H and O–H groups in total. The predicted molar refractivity (Wildman–Crippen MR) is 104 cm³/mol. The fourth-order valence-corrected chi connectivity index (χ4v) is 2.83. The minimum absolute atomic E-state index is 0.130. The van der Waals surface area contributed by atoms with E-state index in [0.29, 0.717) is 33.8 Å². The molecule has 0 aromatic heterocycles. The molecule has 1 aliphatic heterocycles. The molecular formula is C20H21ClN2O4. The fourth-order valence-electron chi connectivity index (χ4n) is 2.62. The summed E-state index contributed by atoms with van der Waals surface area (Å²) in [7, 11) is 0. The number of nitrogens with zero attached hydrogens (tertiary/aromatic N) is 1. The first kappa shape index (κ1) is 19.0. The maximum Gasteiger partial charge on any atom is 0.277 e. The summed E-state index contributed by atoms with van der Waals surface area (Å²) in [4.78, 5) is 12.0. The number of hydrogen-bond acceptors (Lipinski definition) is 5. The van der Waals surface area contributed by atoms with E-state index in [1.54, 1.807) is 12.1 Å². The third-order valence-corrected chi connectivity index (χ3v) is 4.36. The zero-order chi connectivity index (χ0) is 19.4. The highest BCUT2D eigenvalue weighted by Crippen LogP contribution is 2.36. The highest BCUT2D eigenvalue weighted by atomic mass is 35.5. The van der Waals surface area contributed by atoms with Crippen LogP contribution in [0.2, 0.25) is 5.02 Å². The summed E-state index contributed by atoms with van der Waals surface area (Å²) >= 11 is 6.16. The molecule has 1 aliphatic rings. The Morgan fingerprint density at radius 3 is 2.78 bits per heavy atom. The summed E-state index contributed by atoms with van der Waals surface area (Å²) in [5.74, 6) is 1.84. The lowest BCUT2D eigenvalue weighted by Gasteiger charge is -2.14. The molecule has 0 radical (unpaired) electrons. The first-order valence-electron chi connectivity index (χ1n) is 8.58. The normalized spacial score (nSPS) is 12.6. The molecule has 0 unspecified atom stereocenters. The number of fused-ring (bicyclic) bond motifs is 1. The molecule has 1 amide bonds. The van der Waals surface area contributed by atoms with Crippen molar-refractivity contribution < 1.29 is 19.0 Å². The Hall–Kier alpha value is -2.73. The molecule has 0 bridgehead atoms. The van der Waals surface area contributed by atoms with Gasteiger partial charge in [-0.1, -0.05) is 37.6 Å². The molecule has 0 atom stereocenters. The van der Waals surface area contributed by atoms with Crippen LogP contribution in [-0.2, 0) is 4.79 Å². The summed E-state index contributed by atoms with van der Waals surface area (Å²) in [6.07, 6.45) is 1.45. The van der Waals surface area contributed by atoms with Crippen molar-refractivity contribution in [1.29, 1.82) is 0 Å². The second kappa shape index (κ2) is 8.31. The largest absolute Gasteiger partial charge is 0.483 e. The summed E-state index contributed by atoms with van der Waals surface area (Å²) in [5.41, 5.74) is 5.18. The second-order valence-corrected chi connectivity index (χ2v) is 6.91. The molecule has 7 heteroatoms. The van der Waals surface area contributed by atoms with E-state index in [4.69, 9.17) is 25.8 Å². The van der Waals surface area contributed by atoms with Crippen LogP contribution in [0, 0.1) is 6.92 Å². The van der Waals surface area contributed by atoms with Gasteiger partial charge in [-0.15, -0.1) is 0 Å². The van der Waals surface area contributed by atoms with Crippen molar-refractivity contribution in [3.8, 4) is 17.2 Å². The van der Waals surface area contributed by atoms with Gasteiger partial charge in [0.05, 0.1) is 11.2 Å². The topological polar surface area (TPSA) is 69.2 Å². The van der Waals surface area contributed by atoms with Crippen molar-refractivity contribution in [1.82, 2.24) is 5.43 Å². The Bertz CT molecular complexity index is 881. The number of hydrazone groups is 1. The van der Waals surface area contributed by atoms with Crippen molar-refractivity contribution in [2.75, 3.05) is 13.4 Å². The van der Waals surface area contributed by atoms with Crippen molar-refractivity contribution in [2.45, 2.75) is 26.7 Å². The van der Waals surface area contributed by atoms with Crippen LogP contribution in [0.5, 0.6) is 17.2 Å². The molecule has 27 heavy (non-hydrogen) atoms. The van der Waals surface area contributed by atoms with Gasteiger partial charge in [0.15, 0.2) is 18.1 Å². The standard InChI is InChI=1S/C20H21ClN2O4/c1-12(2)15-5-4-13(3)6-17(15)25-10-20(24)23-22-9-14-7-18-19(8-16(14)21)27-11-26-18/h4-9,12H,10-11H2,1-3H3,(H,23,24)/b22-9+. The minimum Gasteiger partial charge on any atom is -0.483 e. The maximum absolute atomic E-state index is 12.0. The number of amides is 1. The molecule has 0 saturated carbocycles. The summed E-state index contributed by atoms with van der Waals surface area (Å²) < 4.78 is 16.2. The van der Waals surface area contributed by atoms with E-state index >= 15 is 0 Å². The molecule has 2 aromatic carbocycles. The number of carbonyl (C=O) groups excluding carboxylic acids is 1. The van der Waals surface area contributed by atoms with E-state index in [9.17, 15) is 4.79 Å². The van der Waals surface area contributed by atoms with E-state index in [-0.39, 0.29) is 19.3 Å². The molecular weight excluding hydrogens is 368 g/mol. The van der Waals surface area contributed by atoms with Gasteiger partial charge < -0.3 is 14.2 Å². The maximum atomic E-state index is 12.0. The Morgan fingerprint density at radius 2 is 2.04 bits per heavy atom. The van der Waals surface area contributed by atoms with Crippen molar-refractivity contribution in [3.05, 3.63) is 52.0 Å². The molecule has 0 fully saturated rings. The lowest BCUT2D eigenvalue weighted by molar-refractivity contribution is -0.123. The van der Waals surface area contributed by atoms with E-state index < -0.39 is 0 Å². The molecule has 3 rings (SSSR count). The SMILES string of the molecule is Cc1ccc(C(C)C)c(OCC(=O)N/N=C/c2cc3c(cc2Cl)OCO3)c1. The van der Waals surface area contributed by atoms with Gasteiger partial charge in [0.2, 0.25) is 6.79 Å². The highest BCUT2D eigenvalue weighted by molar-refractivity contribution is 6.33. The van der Waals surface area contributed by atoms with Crippen molar-refractivity contribution in [2.24, 2.45) is 5.10 Å². The fraction of sp³-hybridized carbons (Fsp3) is 0.300. The Kier molecular flexibility index (Phi) is 5.86. The van der Waals surface area contributed by atoms with Crippen LogP contribution >= 0.6 is 11.6 Å². The molecule has 0 spiro atoms. The van der Waals surface area contributed by atoms with Gasteiger partial charge in [0.25, 0.3) is 5.91 Å². The van der Waals surface area contributed by atoms with E-state index in [1.807, 2.05) is 25.1 Å². The number of halogens is 1. The number of hydrogen-bond donors (Lipinski definition) is 1. The van der Waals surface area contributed by atoms with Crippen LogP contribution in [0.15, 0.2) is 35.4 Å². The molecule has 1 heterocycles. The average Bonchev–Trinajstić information content (AvgIpc) is 3.07. The molecule has 142 valence electrons. The van der Waals surface area contributed by atoms with Crippen molar-refractivity contribution >= 4 is 23.7 Å². The Morgan fingerprint density at radius 1 is 1.30 bits per heavy atom. The van der Waals surface area contributed by atoms with Gasteiger partial charge >= 0.3 is 0 Å². The molecule has 0 saturated heterocycles. The monoisotopic (exact) mass is 388 g/mol. The highest BCUT2D eigenvalue weighted by Gasteiger charge is 2.16. The third kappa shape index (κ3) is 4.71. The van der Waals surface area contributed by atoms with Gasteiger partial charge in [-0.25, -0.2) is 5.43 Å². The van der Waals surface area contributed by atoms with E-state index in [1.165, 1.54) is 6.21 Å². The van der Waals surface area contributed by atoms with Gasteiger partial charge in [-0.3, -0.25) is 4.79 Å². The first-order chi connectivity index (χ1) is 12.9. The zero-order valence-electron chi connectivity index (χ0n) is 15.4. The van der Waals surface area contributed by atoms with Gasteiger partial charge in [-0.05, 0) is 36.1 Å². The second-order valence-electron chi connectivity index (χ2n) is 6.50. The van der Waals surface area contributed by atoms with E-state index in [0.717, 1.165) is 11.1 Å². The third-order valence-electron chi connectivity index (χ3n) is 4.03. The van der Waals surface area contributed by atoms with Crippen LogP contribution in [0.1, 0.15) is 36.5 Å². The first-order valence-corrected chi connectivity index (χ1v) is 8.96. The van der Waals surface area contributed by atoms with Crippen LogP contribution in [0.3, 0.4) is 0 Å². The van der Waals surface area contributed by atoms with Crippen LogP contribution in [0.25, 0.3) is 0 Å². The number of rotatable bonds is 6. The lowest BCUT2D eigenvalue weighted by atomic mass is 10.0. The summed E-state index contributed by atoms with van der Waals surface area (Å²) in [5, 5.41) is 4.38. The molecule has 0 aliphatic carbocycles. The number of ether oxygens (including phenoxy) is 3. The molecule has 2 aromatic rings. The number of nitrogens with one attached hydrogen (secondary N) is 1. The molecule has 6 nitrogen and oxygen atoms in total. The minimum atomic E-state index is -0.362. The summed E-state index contributed by atoms with van der Waals surface area (Å²) in [6, 6.07) is 9.34. The average molecular weight is 389 g/mol. The summed E-state index contributed by atoms with van der Waals surface area (Å²) in [6.45, 7) is 6.18. The number of benzene rings is 2. The zero-order valence-corrected chi connectivity index (χ0v) is 16.2. The van der Waals surface area contributed by atoms with Gasteiger partial charge in [0.1, 0.15) is 5.75 Å². The Labute approximate surface area is 163 Å². The van der Waals surface area contributed by atoms with Crippen LogP contribution in [-0.4, -0.2) is 25.5 Å². The van der Waals surface area contributed by atoms with E-state index in [2.05, 4.69) is 24.4 Å². The van der Waals surface area contributed by atoms with Crippen molar-refractivity contribution in [3.63, 3.8) is 0 Å². The number of aryl methyl sites for hydroxylation is 1. The predicted octanol–water partition coefficient (Wildman–Crippen LogP) is 4.03. The quantitative estimate of drug-likeness (QED) is 0.599. The lowest BCUT2D eigenvalue weighted by Crippen LogP contribution is -2.25. The van der Waals surface area contributed by atoms with Gasteiger partial charge in [0, 0.05) is 11.6 Å². The Balaban J connectivity index is 1.58. The van der Waals surface area contributed by atoms with Crippen LogP contribution in [0.4, 0.5) is 0 Å². The smallest absolute Gasteiger partial charge is 0.277 e. The number of carbonyl (C=O) groups is 1.